The van der Waals surface area contributed by atoms with E-state index in [1.165, 1.54) is 23.5 Å². The van der Waals surface area contributed by atoms with E-state index in [-0.39, 0.29) is 5.82 Å². The number of aldehydes is 1. The van der Waals surface area contributed by atoms with Crippen molar-refractivity contribution >= 4 is 17.6 Å². The van der Waals surface area contributed by atoms with E-state index in [1.54, 1.807) is 23.6 Å². The molecule has 0 aliphatic rings. The Balaban J connectivity index is 2.02. The number of hydrogen-bond donors (Lipinski definition) is 0. The lowest BCUT2D eigenvalue weighted by molar-refractivity contribution is 0.112. The fraction of sp³-hybridized carbons (Fsp3) is 0.0833. The van der Waals surface area contributed by atoms with Crippen molar-refractivity contribution in [3.05, 3.63) is 52.0 Å². The molecule has 0 N–H and O–H groups in total. The topological polar surface area (TPSA) is 26.3 Å². The molecule has 1 aromatic carbocycles. The van der Waals surface area contributed by atoms with Crippen molar-refractivity contribution in [3.63, 3.8) is 0 Å². The maximum atomic E-state index is 12.6. The first kappa shape index (κ1) is 10.8. The van der Waals surface area contributed by atoms with Crippen molar-refractivity contribution in [2.24, 2.45) is 0 Å². The summed E-state index contributed by atoms with van der Waals surface area (Å²) in [7, 11) is 0. The number of hydrogen-bond acceptors (Lipinski definition) is 3. The highest BCUT2D eigenvalue weighted by Crippen LogP contribution is 2.23. The molecule has 1 heterocycles. The van der Waals surface area contributed by atoms with E-state index in [0.29, 0.717) is 17.2 Å². The lowest BCUT2D eigenvalue weighted by Crippen LogP contribution is -1.96. The number of ether oxygens (including phenoxy) is 1. The molecule has 0 radical (unpaired) electrons. The van der Waals surface area contributed by atoms with E-state index >= 15 is 0 Å². The van der Waals surface area contributed by atoms with E-state index in [9.17, 15) is 9.18 Å². The summed E-state index contributed by atoms with van der Waals surface area (Å²) in [5.74, 6) is 0.303. The van der Waals surface area contributed by atoms with Crippen molar-refractivity contribution < 1.29 is 13.9 Å². The summed E-state index contributed by atoms with van der Waals surface area (Å²) in [6, 6.07) is 7.82. The van der Waals surface area contributed by atoms with Crippen LogP contribution in [0.15, 0.2) is 35.7 Å². The second-order valence-electron chi connectivity index (χ2n) is 3.18. The maximum absolute atomic E-state index is 12.6. The molecule has 2 rings (SSSR count). The maximum Gasteiger partial charge on any atom is 0.163 e. The van der Waals surface area contributed by atoms with Crippen molar-refractivity contribution in [1.82, 2.24) is 0 Å². The monoisotopic (exact) mass is 236 g/mol. The molecule has 0 atom stereocenters. The van der Waals surface area contributed by atoms with Gasteiger partial charge < -0.3 is 4.74 Å². The highest BCUT2D eigenvalue weighted by molar-refractivity contribution is 7.12. The zero-order valence-electron chi connectivity index (χ0n) is 8.35. The minimum absolute atomic E-state index is 0.270. The van der Waals surface area contributed by atoms with Gasteiger partial charge in [-0.2, -0.15) is 0 Å². The Morgan fingerprint density at radius 1 is 1.25 bits per heavy atom. The van der Waals surface area contributed by atoms with Crippen LogP contribution in [0.1, 0.15) is 15.2 Å². The van der Waals surface area contributed by atoms with Crippen LogP contribution in [0.3, 0.4) is 0 Å². The fourth-order valence-electron chi connectivity index (χ4n) is 1.26. The van der Waals surface area contributed by atoms with Gasteiger partial charge >= 0.3 is 0 Å². The first-order valence-corrected chi connectivity index (χ1v) is 5.57. The van der Waals surface area contributed by atoms with E-state index in [2.05, 4.69) is 0 Å². The second kappa shape index (κ2) is 4.90. The van der Waals surface area contributed by atoms with Gasteiger partial charge in [-0.15, -0.1) is 11.3 Å². The van der Waals surface area contributed by atoms with Crippen LogP contribution in [0, 0.1) is 5.82 Å². The van der Waals surface area contributed by atoms with E-state index in [4.69, 9.17) is 4.74 Å². The summed E-state index contributed by atoms with van der Waals surface area (Å²) in [4.78, 5) is 11.2. The zero-order valence-corrected chi connectivity index (χ0v) is 9.17. The molecule has 0 saturated heterocycles. The number of rotatable bonds is 4. The van der Waals surface area contributed by atoms with Crippen LogP contribution in [0.25, 0.3) is 0 Å². The van der Waals surface area contributed by atoms with E-state index < -0.39 is 0 Å². The lowest BCUT2D eigenvalue weighted by atomic mass is 10.2. The summed E-state index contributed by atoms with van der Waals surface area (Å²) >= 11 is 1.33. The number of thiophene rings is 1. The van der Waals surface area contributed by atoms with Crippen LogP contribution < -0.4 is 4.74 Å². The molecule has 0 aliphatic heterocycles. The highest BCUT2D eigenvalue weighted by Gasteiger charge is 2.04. The predicted octanol–water partition coefficient (Wildman–Crippen LogP) is 3.28. The smallest absolute Gasteiger partial charge is 0.163 e. The van der Waals surface area contributed by atoms with Gasteiger partial charge in [-0.05, 0) is 29.1 Å². The Hall–Kier alpha value is -1.68. The highest BCUT2D eigenvalue weighted by atomic mass is 32.1. The van der Waals surface area contributed by atoms with Crippen molar-refractivity contribution in [1.29, 1.82) is 0 Å². The predicted molar refractivity (Wildman–Crippen MR) is 60.4 cm³/mol. The van der Waals surface area contributed by atoms with E-state index in [1.807, 2.05) is 0 Å². The molecule has 16 heavy (non-hydrogen) atoms. The average Bonchev–Trinajstić information content (AvgIpc) is 2.76. The normalized spacial score (nSPS) is 10.1. The van der Waals surface area contributed by atoms with Gasteiger partial charge in [0.05, 0.1) is 0 Å². The van der Waals surface area contributed by atoms with Gasteiger partial charge in [0.2, 0.25) is 0 Å². The van der Waals surface area contributed by atoms with Crippen LogP contribution >= 0.6 is 11.3 Å². The molecule has 0 bridgehead atoms. The molecule has 0 saturated carbocycles. The summed E-state index contributed by atoms with van der Waals surface area (Å²) < 4.78 is 18.1. The third kappa shape index (κ3) is 2.46. The summed E-state index contributed by atoms with van der Waals surface area (Å²) in [5.41, 5.74) is 0.865. The average molecular weight is 236 g/mol. The quantitative estimate of drug-likeness (QED) is 0.761. The molecule has 0 unspecified atom stereocenters. The largest absolute Gasteiger partial charge is 0.487 e. The van der Waals surface area contributed by atoms with Crippen LogP contribution in [0.4, 0.5) is 4.39 Å². The van der Waals surface area contributed by atoms with Gasteiger partial charge in [-0.25, -0.2) is 4.39 Å². The van der Waals surface area contributed by atoms with Crippen molar-refractivity contribution in [2.75, 3.05) is 0 Å². The third-order valence-corrected chi connectivity index (χ3v) is 2.90. The summed E-state index contributed by atoms with van der Waals surface area (Å²) in [6.07, 6.45) is 0.769. The van der Waals surface area contributed by atoms with Crippen LogP contribution in [-0.4, -0.2) is 6.29 Å². The molecular formula is C12H9FO2S. The number of carbonyl (C=O) groups is 1. The molecule has 0 aliphatic carbocycles. The summed E-state index contributed by atoms with van der Waals surface area (Å²) in [5, 5.41) is 1.80. The van der Waals surface area contributed by atoms with Crippen molar-refractivity contribution in [2.45, 2.75) is 6.61 Å². The zero-order chi connectivity index (χ0) is 11.4. The number of benzene rings is 1. The molecule has 1 aromatic heterocycles. The Morgan fingerprint density at radius 2 is 2.00 bits per heavy atom. The molecule has 0 spiro atoms. The van der Waals surface area contributed by atoms with E-state index in [0.717, 1.165) is 11.8 Å². The minimum Gasteiger partial charge on any atom is -0.487 e. The Labute approximate surface area is 96.3 Å². The van der Waals surface area contributed by atoms with Crippen LogP contribution in [0.2, 0.25) is 0 Å². The molecule has 82 valence electrons. The van der Waals surface area contributed by atoms with Crippen LogP contribution in [0.5, 0.6) is 5.75 Å². The van der Waals surface area contributed by atoms with Gasteiger partial charge in [0.15, 0.2) is 6.29 Å². The van der Waals surface area contributed by atoms with Gasteiger partial charge in [0.25, 0.3) is 0 Å². The Kier molecular flexibility index (Phi) is 3.31. The van der Waals surface area contributed by atoms with Gasteiger partial charge in [0.1, 0.15) is 23.1 Å². The van der Waals surface area contributed by atoms with Gasteiger partial charge in [-0.1, -0.05) is 12.1 Å². The Bertz CT molecular complexity index is 476. The first-order chi connectivity index (χ1) is 7.79. The standard InChI is InChI=1S/C12H9FO2S/c13-10-3-1-9(2-4-10)8-15-11-5-6-16-12(11)7-14/h1-7H,8H2. The number of halogens is 1. The van der Waals surface area contributed by atoms with Gasteiger partial charge in [0, 0.05) is 0 Å². The first-order valence-electron chi connectivity index (χ1n) is 4.69. The molecule has 0 fully saturated rings. The molecule has 4 heteroatoms. The molecule has 0 amide bonds. The minimum atomic E-state index is -0.270. The number of carbonyl (C=O) groups excluding carboxylic acids is 1. The van der Waals surface area contributed by atoms with Crippen molar-refractivity contribution in [3.8, 4) is 5.75 Å². The fourth-order valence-corrected chi connectivity index (χ4v) is 1.89. The van der Waals surface area contributed by atoms with Gasteiger partial charge in [-0.3, -0.25) is 4.79 Å². The lowest BCUT2D eigenvalue weighted by Gasteiger charge is -2.04. The molecular weight excluding hydrogens is 227 g/mol. The SMILES string of the molecule is O=Cc1sccc1OCc1ccc(F)cc1. The third-order valence-electron chi connectivity index (χ3n) is 2.07. The Morgan fingerprint density at radius 3 is 2.69 bits per heavy atom. The molecule has 2 aromatic rings. The second-order valence-corrected chi connectivity index (χ2v) is 4.13. The molecule has 2 nitrogen and oxygen atoms in total. The van der Waals surface area contributed by atoms with Crippen LogP contribution in [-0.2, 0) is 6.61 Å². The summed E-state index contributed by atoms with van der Waals surface area (Å²) in [6.45, 7) is 0.331.